The summed E-state index contributed by atoms with van der Waals surface area (Å²) >= 11 is 5.75. The van der Waals surface area contributed by atoms with Crippen molar-refractivity contribution in [3.05, 3.63) is 29.3 Å². The number of anilines is 1. The van der Waals surface area contributed by atoms with Gasteiger partial charge in [-0.1, -0.05) is 11.6 Å². The minimum atomic E-state index is -0.231. The number of methoxy groups -OCH3 is 2. The molecular weight excluding hydrogens is 202 g/mol. The Morgan fingerprint density at radius 2 is 1.79 bits per heavy atom. The zero-order valence-corrected chi connectivity index (χ0v) is 9.04. The summed E-state index contributed by atoms with van der Waals surface area (Å²) in [5, 5.41) is 3.89. The quantitative estimate of drug-likeness (QED) is 0.765. The monoisotopic (exact) mass is 215 g/mol. The average molecular weight is 216 g/mol. The maximum Gasteiger partial charge on any atom is 0.173 e. The molecule has 0 saturated carbocycles. The van der Waals surface area contributed by atoms with Gasteiger partial charge in [-0.3, -0.25) is 0 Å². The van der Waals surface area contributed by atoms with Crippen molar-refractivity contribution in [3.8, 4) is 0 Å². The topological polar surface area (TPSA) is 30.5 Å². The summed E-state index contributed by atoms with van der Waals surface area (Å²) in [5.74, 6) is 0. The third-order valence-corrected chi connectivity index (χ3v) is 2.09. The van der Waals surface area contributed by atoms with E-state index in [0.717, 1.165) is 10.7 Å². The highest BCUT2D eigenvalue weighted by atomic mass is 35.5. The zero-order valence-electron chi connectivity index (χ0n) is 8.29. The molecule has 3 nitrogen and oxygen atoms in total. The molecule has 0 radical (unpaired) electrons. The van der Waals surface area contributed by atoms with Crippen LogP contribution in [0, 0.1) is 0 Å². The first-order valence-electron chi connectivity index (χ1n) is 4.31. The van der Waals surface area contributed by atoms with E-state index in [1.165, 1.54) is 0 Å². The third-order valence-electron chi connectivity index (χ3n) is 1.84. The van der Waals surface area contributed by atoms with Crippen LogP contribution >= 0.6 is 11.6 Å². The fourth-order valence-electron chi connectivity index (χ4n) is 1.03. The van der Waals surface area contributed by atoms with Crippen molar-refractivity contribution in [2.75, 3.05) is 26.1 Å². The molecule has 0 spiro atoms. The van der Waals surface area contributed by atoms with Crippen molar-refractivity contribution < 1.29 is 9.47 Å². The van der Waals surface area contributed by atoms with E-state index in [2.05, 4.69) is 5.32 Å². The van der Waals surface area contributed by atoms with Crippen LogP contribution < -0.4 is 5.32 Å². The van der Waals surface area contributed by atoms with Crippen LogP contribution in [0.5, 0.6) is 0 Å². The predicted octanol–water partition coefficient (Wildman–Crippen LogP) is 2.37. The molecule has 0 aliphatic rings. The van der Waals surface area contributed by atoms with E-state index in [0.29, 0.717) is 6.54 Å². The van der Waals surface area contributed by atoms with Gasteiger partial charge < -0.3 is 14.8 Å². The number of benzene rings is 1. The molecule has 1 rings (SSSR count). The summed E-state index contributed by atoms with van der Waals surface area (Å²) in [5.41, 5.74) is 0.994. The molecule has 0 fully saturated rings. The van der Waals surface area contributed by atoms with Crippen molar-refractivity contribution in [2.24, 2.45) is 0 Å². The molecule has 0 aliphatic heterocycles. The molecule has 0 unspecified atom stereocenters. The van der Waals surface area contributed by atoms with Crippen LogP contribution in [-0.2, 0) is 9.47 Å². The van der Waals surface area contributed by atoms with Crippen molar-refractivity contribution in [2.45, 2.75) is 6.29 Å². The number of hydrogen-bond donors (Lipinski definition) is 1. The second-order valence-corrected chi connectivity index (χ2v) is 3.23. The Morgan fingerprint density at radius 3 is 2.29 bits per heavy atom. The maximum absolute atomic E-state index is 5.75. The lowest BCUT2D eigenvalue weighted by molar-refractivity contribution is -0.0914. The molecule has 4 heteroatoms. The SMILES string of the molecule is COC(CNc1ccc(Cl)cc1)OC. The van der Waals surface area contributed by atoms with E-state index < -0.39 is 0 Å². The Hall–Kier alpha value is -0.770. The summed E-state index contributed by atoms with van der Waals surface area (Å²) in [6.45, 7) is 0.606. The Kier molecular flexibility index (Phi) is 4.73. The molecule has 0 aromatic heterocycles. The van der Waals surface area contributed by atoms with E-state index in [9.17, 15) is 0 Å². The minimum absolute atomic E-state index is 0.231. The van der Waals surface area contributed by atoms with Gasteiger partial charge in [0.1, 0.15) is 0 Å². The fourth-order valence-corrected chi connectivity index (χ4v) is 1.16. The summed E-state index contributed by atoms with van der Waals surface area (Å²) in [7, 11) is 3.22. The molecule has 0 heterocycles. The number of halogens is 1. The van der Waals surface area contributed by atoms with Gasteiger partial charge in [0, 0.05) is 24.9 Å². The van der Waals surface area contributed by atoms with Crippen molar-refractivity contribution >= 4 is 17.3 Å². The highest BCUT2D eigenvalue weighted by Crippen LogP contribution is 2.13. The van der Waals surface area contributed by atoms with Gasteiger partial charge in [-0.2, -0.15) is 0 Å². The smallest absolute Gasteiger partial charge is 0.173 e. The normalized spacial score (nSPS) is 10.6. The second kappa shape index (κ2) is 5.86. The van der Waals surface area contributed by atoms with Crippen molar-refractivity contribution in [1.82, 2.24) is 0 Å². The number of nitrogens with one attached hydrogen (secondary N) is 1. The predicted molar refractivity (Wildman–Crippen MR) is 57.7 cm³/mol. The summed E-state index contributed by atoms with van der Waals surface area (Å²) in [6, 6.07) is 7.48. The third kappa shape index (κ3) is 3.54. The first-order chi connectivity index (χ1) is 6.76. The molecular formula is C10H14ClNO2. The molecule has 0 amide bonds. The standard InChI is InChI=1S/C10H14ClNO2/c1-13-10(14-2)7-12-9-5-3-8(11)4-6-9/h3-6,10,12H,7H2,1-2H3. The van der Waals surface area contributed by atoms with Gasteiger partial charge in [0.05, 0.1) is 6.54 Å². The van der Waals surface area contributed by atoms with Gasteiger partial charge in [-0.25, -0.2) is 0 Å². The molecule has 78 valence electrons. The largest absolute Gasteiger partial charge is 0.380 e. The molecule has 1 aromatic carbocycles. The van der Waals surface area contributed by atoms with E-state index >= 15 is 0 Å². The van der Waals surface area contributed by atoms with Crippen molar-refractivity contribution in [1.29, 1.82) is 0 Å². The van der Waals surface area contributed by atoms with Crippen LogP contribution in [0.3, 0.4) is 0 Å². The summed E-state index contributed by atoms with van der Waals surface area (Å²) < 4.78 is 10.1. The minimum Gasteiger partial charge on any atom is -0.380 e. The molecule has 0 atom stereocenters. The summed E-state index contributed by atoms with van der Waals surface area (Å²) in [4.78, 5) is 0. The molecule has 0 bridgehead atoms. The van der Waals surface area contributed by atoms with Gasteiger partial charge in [0.2, 0.25) is 0 Å². The van der Waals surface area contributed by atoms with Crippen LogP contribution in [0.1, 0.15) is 0 Å². The second-order valence-electron chi connectivity index (χ2n) is 2.79. The lowest BCUT2D eigenvalue weighted by Gasteiger charge is -2.14. The molecule has 14 heavy (non-hydrogen) atoms. The van der Waals surface area contributed by atoms with Gasteiger partial charge in [-0.15, -0.1) is 0 Å². The summed E-state index contributed by atoms with van der Waals surface area (Å²) in [6.07, 6.45) is -0.231. The van der Waals surface area contributed by atoms with E-state index in [1.54, 1.807) is 14.2 Å². The number of ether oxygens (including phenoxy) is 2. The Bertz CT molecular complexity index is 259. The van der Waals surface area contributed by atoms with Crippen LogP contribution in [0.4, 0.5) is 5.69 Å². The van der Waals surface area contributed by atoms with Crippen LogP contribution in [0.2, 0.25) is 5.02 Å². The zero-order chi connectivity index (χ0) is 10.4. The van der Waals surface area contributed by atoms with Crippen LogP contribution in [0.25, 0.3) is 0 Å². The lowest BCUT2D eigenvalue weighted by Crippen LogP contribution is -2.23. The Balaban J connectivity index is 2.41. The van der Waals surface area contributed by atoms with Gasteiger partial charge in [0.25, 0.3) is 0 Å². The van der Waals surface area contributed by atoms with E-state index in [1.807, 2.05) is 24.3 Å². The first-order valence-corrected chi connectivity index (χ1v) is 4.69. The Labute approximate surface area is 89.0 Å². The fraction of sp³-hybridized carbons (Fsp3) is 0.400. The van der Waals surface area contributed by atoms with Crippen LogP contribution in [0.15, 0.2) is 24.3 Å². The average Bonchev–Trinajstić information content (AvgIpc) is 2.22. The molecule has 0 saturated heterocycles. The highest BCUT2D eigenvalue weighted by Gasteiger charge is 2.03. The van der Waals surface area contributed by atoms with Gasteiger partial charge in [0.15, 0.2) is 6.29 Å². The Morgan fingerprint density at radius 1 is 1.21 bits per heavy atom. The van der Waals surface area contributed by atoms with Gasteiger partial charge in [-0.05, 0) is 24.3 Å². The van der Waals surface area contributed by atoms with E-state index in [4.69, 9.17) is 21.1 Å². The highest BCUT2D eigenvalue weighted by molar-refractivity contribution is 6.30. The first kappa shape index (κ1) is 11.3. The number of rotatable bonds is 5. The lowest BCUT2D eigenvalue weighted by atomic mass is 10.3. The molecule has 1 N–H and O–H groups in total. The van der Waals surface area contributed by atoms with Crippen molar-refractivity contribution in [3.63, 3.8) is 0 Å². The van der Waals surface area contributed by atoms with Gasteiger partial charge >= 0.3 is 0 Å². The maximum atomic E-state index is 5.75. The molecule has 0 aliphatic carbocycles. The molecule has 1 aromatic rings. The number of hydrogen-bond acceptors (Lipinski definition) is 3. The van der Waals surface area contributed by atoms with Crippen LogP contribution in [-0.4, -0.2) is 27.1 Å². The van der Waals surface area contributed by atoms with E-state index in [-0.39, 0.29) is 6.29 Å².